The fraction of sp³-hybridized carbons (Fsp3) is 0.235. The number of hydrogen-bond donors (Lipinski definition) is 2. The Bertz CT molecular complexity index is 723. The van der Waals surface area contributed by atoms with Gasteiger partial charge in [-0.15, -0.1) is 0 Å². The number of hydrogen-bond acceptors (Lipinski definition) is 5. The van der Waals surface area contributed by atoms with Gasteiger partial charge in [0.1, 0.15) is 11.6 Å². The summed E-state index contributed by atoms with van der Waals surface area (Å²) in [5.74, 6) is -0.704. The van der Waals surface area contributed by atoms with Gasteiger partial charge in [0.15, 0.2) is 11.5 Å². The van der Waals surface area contributed by atoms with E-state index in [-0.39, 0.29) is 12.2 Å². The van der Waals surface area contributed by atoms with Crippen molar-refractivity contribution in [2.45, 2.75) is 0 Å². The molecular weight excluding hydrogens is 334 g/mol. The second kappa shape index (κ2) is 8.18. The molecule has 0 aliphatic rings. The first-order valence-electron chi connectivity index (χ1n) is 7.26. The molecule has 0 aliphatic heterocycles. The predicted octanol–water partition coefficient (Wildman–Crippen LogP) is 3.04. The summed E-state index contributed by atoms with van der Waals surface area (Å²) < 4.78 is 41.8. The van der Waals surface area contributed by atoms with Crippen LogP contribution in [0.4, 0.5) is 20.2 Å². The maximum atomic E-state index is 13.1. The molecule has 0 spiro atoms. The maximum Gasteiger partial charge on any atom is 0.243 e. The minimum atomic E-state index is -0.729. The molecule has 0 aromatic heterocycles. The normalized spacial score (nSPS) is 10.1. The van der Waals surface area contributed by atoms with Gasteiger partial charge < -0.3 is 24.8 Å². The highest BCUT2D eigenvalue weighted by Gasteiger charge is 2.14. The topological polar surface area (TPSA) is 68.8 Å². The molecule has 25 heavy (non-hydrogen) atoms. The molecule has 2 rings (SSSR count). The van der Waals surface area contributed by atoms with Crippen LogP contribution in [0.1, 0.15) is 0 Å². The molecule has 0 saturated carbocycles. The number of carbonyl (C=O) groups is 1. The Kier molecular flexibility index (Phi) is 5.99. The smallest absolute Gasteiger partial charge is 0.243 e. The first kappa shape index (κ1) is 18.3. The third-order valence-electron chi connectivity index (χ3n) is 3.26. The van der Waals surface area contributed by atoms with E-state index in [1.807, 2.05) is 0 Å². The third-order valence-corrected chi connectivity index (χ3v) is 3.26. The molecule has 2 aromatic carbocycles. The Morgan fingerprint density at radius 3 is 1.92 bits per heavy atom. The van der Waals surface area contributed by atoms with E-state index in [1.54, 1.807) is 12.1 Å². The van der Waals surface area contributed by atoms with E-state index in [4.69, 9.17) is 14.2 Å². The number of ether oxygens (including phenoxy) is 3. The summed E-state index contributed by atoms with van der Waals surface area (Å²) in [7, 11) is 4.40. The van der Waals surface area contributed by atoms with Crippen LogP contribution < -0.4 is 24.8 Å². The molecule has 0 radical (unpaired) electrons. The number of nitrogens with one attached hydrogen (secondary N) is 2. The van der Waals surface area contributed by atoms with Crippen LogP contribution in [0.15, 0.2) is 30.3 Å². The minimum absolute atomic E-state index is 0.164. The molecule has 8 heteroatoms. The van der Waals surface area contributed by atoms with Crippen LogP contribution in [0.3, 0.4) is 0 Å². The van der Waals surface area contributed by atoms with Crippen LogP contribution >= 0.6 is 0 Å². The summed E-state index contributed by atoms with van der Waals surface area (Å²) in [5, 5.41) is 5.28. The first-order valence-corrected chi connectivity index (χ1v) is 7.26. The SMILES string of the molecule is COc1cc(NC(=O)CNc2cc(F)cc(F)c2)cc(OC)c1OC. The van der Waals surface area contributed by atoms with Gasteiger partial charge in [0.05, 0.1) is 27.9 Å². The van der Waals surface area contributed by atoms with Gasteiger partial charge in [-0.2, -0.15) is 0 Å². The zero-order chi connectivity index (χ0) is 18.4. The minimum Gasteiger partial charge on any atom is -0.493 e. The van der Waals surface area contributed by atoms with Crippen LogP contribution in [0.2, 0.25) is 0 Å². The molecule has 2 N–H and O–H groups in total. The van der Waals surface area contributed by atoms with Crippen molar-refractivity contribution >= 4 is 17.3 Å². The Morgan fingerprint density at radius 2 is 1.44 bits per heavy atom. The Morgan fingerprint density at radius 1 is 0.880 bits per heavy atom. The standard InChI is InChI=1S/C17H18F2N2O4/c1-23-14-7-13(8-15(24-2)17(14)25-3)21-16(22)9-20-12-5-10(18)4-11(19)6-12/h4-8,20H,9H2,1-3H3,(H,21,22). The number of methoxy groups -OCH3 is 3. The predicted molar refractivity (Wildman–Crippen MR) is 89.6 cm³/mol. The lowest BCUT2D eigenvalue weighted by atomic mass is 10.2. The zero-order valence-corrected chi connectivity index (χ0v) is 14.0. The van der Waals surface area contributed by atoms with Crippen molar-refractivity contribution in [2.24, 2.45) is 0 Å². The molecule has 1 amide bonds. The van der Waals surface area contributed by atoms with Gasteiger partial charge in [-0.25, -0.2) is 8.78 Å². The average molecular weight is 352 g/mol. The summed E-state index contributed by atoms with van der Waals surface area (Å²) >= 11 is 0. The average Bonchev–Trinajstić information content (AvgIpc) is 2.58. The van der Waals surface area contributed by atoms with E-state index >= 15 is 0 Å². The van der Waals surface area contributed by atoms with E-state index in [2.05, 4.69) is 10.6 Å². The Hall–Kier alpha value is -3.03. The van der Waals surface area contributed by atoms with Crippen LogP contribution in [0.25, 0.3) is 0 Å². The van der Waals surface area contributed by atoms with Gasteiger partial charge in [-0.05, 0) is 12.1 Å². The van der Waals surface area contributed by atoms with Gasteiger partial charge in [-0.1, -0.05) is 0 Å². The fourth-order valence-corrected chi connectivity index (χ4v) is 2.20. The van der Waals surface area contributed by atoms with E-state index in [0.717, 1.165) is 18.2 Å². The van der Waals surface area contributed by atoms with Crippen molar-refractivity contribution in [3.05, 3.63) is 42.0 Å². The van der Waals surface area contributed by atoms with E-state index < -0.39 is 17.5 Å². The van der Waals surface area contributed by atoms with Gasteiger partial charge in [0.25, 0.3) is 0 Å². The molecule has 0 aliphatic carbocycles. The number of rotatable bonds is 7. The molecule has 6 nitrogen and oxygen atoms in total. The van der Waals surface area contributed by atoms with Gasteiger partial charge in [0.2, 0.25) is 11.7 Å². The molecule has 0 bridgehead atoms. The Labute approximate surface area is 143 Å². The quantitative estimate of drug-likeness (QED) is 0.802. The molecule has 0 saturated heterocycles. The third kappa shape index (κ3) is 4.72. The summed E-state index contributed by atoms with van der Waals surface area (Å²) in [5.41, 5.74) is 0.587. The highest BCUT2D eigenvalue weighted by atomic mass is 19.1. The van der Waals surface area contributed by atoms with Gasteiger partial charge >= 0.3 is 0 Å². The monoisotopic (exact) mass is 352 g/mol. The lowest BCUT2D eigenvalue weighted by molar-refractivity contribution is -0.114. The summed E-state index contributed by atoms with van der Waals surface area (Å²) in [6.45, 7) is -0.181. The number of anilines is 2. The lowest BCUT2D eigenvalue weighted by Gasteiger charge is -2.15. The molecule has 0 unspecified atom stereocenters. The van der Waals surface area contributed by atoms with Crippen molar-refractivity contribution in [3.8, 4) is 17.2 Å². The van der Waals surface area contributed by atoms with Crippen molar-refractivity contribution in [2.75, 3.05) is 38.5 Å². The number of amides is 1. The van der Waals surface area contributed by atoms with Gasteiger partial charge in [-0.3, -0.25) is 4.79 Å². The van der Waals surface area contributed by atoms with E-state index in [1.165, 1.54) is 21.3 Å². The van der Waals surface area contributed by atoms with Crippen LogP contribution in [-0.4, -0.2) is 33.8 Å². The fourth-order valence-electron chi connectivity index (χ4n) is 2.20. The first-order chi connectivity index (χ1) is 12.0. The molecule has 0 atom stereocenters. The highest BCUT2D eigenvalue weighted by Crippen LogP contribution is 2.39. The largest absolute Gasteiger partial charge is 0.493 e. The summed E-state index contributed by atoms with van der Waals surface area (Å²) in [6.07, 6.45) is 0. The summed E-state index contributed by atoms with van der Waals surface area (Å²) in [4.78, 5) is 12.0. The molecule has 0 heterocycles. The number of benzene rings is 2. The Balaban J connectivity index is 2.07. The molecule has 0 fully saturated rings. The van der Waals surface area contributed by atoms with E-state index in [0.29, 0.717) is 22.9 Å². The number of carbonyl (C=O) groups excluding carboxylic acids is 1. The second-order valence-electron chi connectivity index (χ2n) is 4.97. The van der Waals surface area contributed by atoms with Crippen molar-refractivity contribution in [1.82, 2.24) is 0 Å². The summed E-state index contributed by atoms with van der Waals surface area (Å²) in [6, 6.07) is 6.08. The highest BCUT2D eigenvalue weighted by molar-refractivity contribution is 5.94. The molecular formula is C17H18F2N2O4. The molecule has 134 valence electrons. The van der Waals surface area contributed by atoms with Crippen LogP contribution in [0, 0.1) is 11.6 Å². The van der Waals surface area contributed by atoms with Crippen LogP contribution in [-0.2, 0) is 4.79 Å². The van der Waals surface area contributed by atoms with E-state index in [9.17, 15) is 13.6 Å². The maximum absolute atomic E-state index is 13.1. The number of halogens is 2. The lowest BCUT2D eigenvalue weighted by Crippen LogP contribution is -2.22. The van der Waals surface area contributed by atoms with Crippen LogP contribution in [0.5, 0.6) is 17.2 Å². The molecule has 2 aromatic rings. The van der Waals surface area contributed by atoms with Crippen molar-refractivity contribution < 1.29 is 27.8 Å². The van der Waals surface area contributed by atoms with Crippen molar-refractivity contribution in [3.63, 3.8) is 0 Å². The van der Waals surface area contributed by atoms with Crippen molar-refractivity contribution in [1.29, 1.82) is 0 Å². The van der Waals surface area contributed by atoms with Gasteiger partial charge in [0, 0.05) is 29.6 Å². The zero-order valence-electron chi connectivity index (χ0n) is 14.0. The second-order valence-corrected chi connectivity index (χ2v) is 4.97.